The van der Waals surface area contributed by atoms with Gasteiger partial charge in [-0.25, -0.2) is 4.39 Å². The van der Waals surface area contributed by atoms with Crippen LogP contribution < -0.4 is 5.43 Å². The molecule has 3 rings (SSSR count). The fraction of sp³-hybridized carbons (Fsp3) is 0.444. The first-order chi connectivity index (χ1) is 11.4. The second-order valence-electron chi connectivity index (χ2n) is 6.37. The van der Waals surface area contributed by atoms with Crippen LogP contribution in [-0.2, 0) is 0 Å². The number of nitrogens with one attached hydrogen (secondary N) is 1. The van der Waals surface area contributed by atoms with Gasteiger partial charge in [0.05, 0.1) is 5.52 Å². The molecule has 0 aliphatic heterocycles. The third-order valence-electron chi connectivity index (χ3n) is 4.92. The van der Waals surface area contributed by atoms with Crippen LogP contribution in [0.5, 0.6) is 0 Å². The zero-order valence-electron chi connectivity index (χ0n) is 14.1. The van der Waals surface area contributed by atoms with Crippen molar-refractivity contribution in [1.29, 1.82) is 0 Å². The first-order valence-corrected chi connectivity index (χ1v) is 9.34. The van der Waals surface area contributed by atoms with Crippen LogP contribution in [0.1, 0.15) is 35.2 Å². The molecule has 1 aliphatic carbocycles. The van der Waals surface area contributed by atoms with E-state index >= 15 is 0 Å². The highest BCUT2D eigenvalue weighted by Crippen LogP contribution is 2.32. The molecule has 2 unspecified atom stereocenters. The summed E-state index contributed by atoms with van der Waals surface area (Å²) < 4.78 is 13.7. The summed E-state index contributed by atoms with van der Waals surface area (Å²) in [5, 5.41) is 0.623. The number of pyridine rings is 1. The van der Waals surface area contributed by atoms with E-state index in [1.807, 2.05) is 0 Å². The van der Waals surface area contributed by atoms with Gasteiger partial charge in [-0.2, -0.15) is 11.8 Å². The number of carbonyl (C=O) groups excluding carboxylic acids is 1. The number of halogens is 1. The molecule has 1 fully saturated rings. The number of hydrogen-bond donors (Lipinski definition) is 1. The lowest BCUT2D eigenvalue weighted by Crippen LogP contribution is -2.42. The number of amides is 1. The van der Waals surface area contributed by atoms with Crippen molar-refractivity contribution >= 4 is 28.6 Å². The number of benzene rings is 1. The Bertz CT molecular complexity index is 849. The van der Waals surface area contributed by atoms with Gasteiger partial charge in [0.2, 0.25) is 5.43 Å². The van der Waals surface area contributed by atoms with Crippen LogP contribution in [0.2, 0.25) is 0 Å². The standard InChI is InChI=1S/C18H21FN2O2S/c1-10-7-11(19)8-12-16(10)20-9-13(17(12)22)18(23)21(2)14-5-4-6-15(14)24-3/h7-9,14-15H,4-6H2,1-3H3,(H,20,22). The molecule has 1 heterocycles. The minimum Gasteiger partial charge on any atom is -0.360 e. The van der Waals surface area contributed by atoms with Crippen LogP contribution in [0.3, 0.4) is 0 Å². The number of nitrogens with zero attached hydrogens (tertiary/aromatic N) is 1. The molecule has 0 radical (unpaired) electrons. The molecule has 1 amide bonds. The number of rotatable bonds is 3. The van der Waals surface area contributed by atoms with Gasteiger partial charge < -0.3 is 9.88 Å². The van der Waals surface area contributed by atoms with Crippen molar-refractivity contribution in [2.24, 2.45) is 0 Å². The second kappa shape index (κ2) is 6.59. The lowest BCUT2D eigenvalue weighted by molar-refractivity contribution is 0.0737. The Morgan fingerprint density at radius 1 is 1.38 bits per heavy atom. The molecule has 1 saturated carbocycles. The maximum absolute atomic E-state index is 13.7. The number of aromatic amines is 1. The van der Waals surface area contributed by atoms with Crippen molar-refractivity contribution in [2.45, 2.75) is 37.5 Å². The maximum atomic E-state index is 13.7. The molecule has 24 heavy (non-hydrogen) atoms. The quantitative estimate of drug-likeness (QED) is 0.926. The minimum atomic E-state index is -0.471. The molecule has 1 aromatic heterocycles. The number of H-pyrrole nitrogens is 1. The van der Waals surface area contributed by atoms with Crippen LogP contribution in [0.15, 0.2) is 23.1 Å². The van der Waals surface area contributed by atoms with Gasteiger partial charge in [0.25, 0.3) is 5.91 Å². The van der Waals surface area contributed by atoms with Crippen LogP contribution in [0.25, 0.3) is 10.9 Å². The van der Waals surface area contributed by atoms with E-state index in [0.717, 1.165) is 19.3 Å². The summed E-state index contributed by atoms with van der Waals surface area (Å²) in [6.45, 7) is 1.73. The summed E-state index contributed by atoms with van der Waals surface area (Å²) in [7, 11) is 1.75. The van der Waals surface area contributed by atoms with Gasteiger partial charge in [-0.3, -0.25) is 9.59 Å². The number of hydrogen-bond acceptors (Lipinski definition) is 3. The summed E-state index contributed by atoms with van der Waals surface area (Å²) >= 11 is 1.76. The lowest BCUT2D eigenvalue weighted by Gasteiger charge is -2.28. The van der Waals surface area contributed by atoms with Crippen LogP contribution >= 0.6 is 11.8 Å². The number of aromatic nitrogens is 1. The number of aryl methyl sites for hydroxylation is 1. The van der Waals surface area contributed by atoms with Crippen molar-refractivity contribution in [1.82, 2.24) is 9.88 Å². The second-order valence-corrected chi connectivity index (χ2v) is 7.44. The highest BCUT2D eigenvalue weighted by atomic mass is 32.2. The SMILES string of the molecule is CSC1CCCC1N(C)C(=O)c1c[nH]c2c(C)cc(F)cc2c1=O. The van der Waals surface area contributed by atoms with E-state index in [0.29, 0.717) is 16.3 Å². The summed E-state index contributed by atoms with van der Waals surface area (Å²) in [5.74, 6) is -0.771. The molecule has 2 aromatic rings. The first-order valence-electron chi connectivity index (χ1n) is 8.05. The highest BCUT2D eigenvalue weighted by molar-refractivity contribution is 7.99. The summed E-state index contributed by atoms with van der Waals surface area (Å²) in [5.41, 5.74) is 0.875. The fourth-order valence-corrected chi connectivity index (χ4v) is 4.63. The number of fused-ring (bicyclic) bond motifs is 1. The Balaban J connectivity index is 2.01. The average molecular weight is 348 g/mol. The topological polar surface area (TPSA) is 53.2 Å². The first kappa shape index (κ1) is 17.0. The van der Waals surface area contributed by atoms with E-state index in [4.69, 9.17) is 0 Å². The van der Waals surface area contributed by atoms with E-state index < -0.39 is 11.2 Å². The Morgan fingerprint density at radius 2 is 2.12 bits per heavy atom. The van der Waals surface area contributed by atoms with Crippen molar-refractivity contribution in [2.75, 3.05) is 13.3 Å². The Kier molecular flexibility index (Phi) is 4.67. The molecule has 4 nitrogen and oxygen atoms in total. The third-order valence-corrected chi connectivity index (χ3v) is 6.07. The Labute approximate surface area is 144 Å². The molecule has 0 spiro atoms. The molecular weight excluding hydrogens is 327 g/mol. The molecule has 0 bridgehead atoms. The number of thioether (sulfide) groups is 1. The minimum absolute atomic E-state index is 0.0711. The summed E-state index contributed by atoms with van der Waals surface area (Å²) in [4.78, 5) is 30.2. The van der Waals surface area contributed by atoms with E-state index in [-0.39, 0.29) is 22.9 Å². The van der Waals surface area contributed by atoms with Gasteiger partial charge in [0.1, 0.15) is 11.4 Å². The monoisotopic (exact) mass is 348 g/mol. The molecular formula is C18H21FN2O2S. The molecule has 2 atom stereocenters. The molecule has 128 valence electrons. The Morgan fingerprint density at radius 3 is 2.83 bits per heavy atom. The number of carbonyl (C=O) groups is 1. The van der Waals surface area contributed by atoms with Gasteiger partial charge in [0.15, 0.2) is 0 Å². The van der Waals surface area contributed by atoms with Gasteiger partial charge in [-0.1, -0.05) is 6.42 Å². The van der Waals surface area contributed by atoms with E-state index in [1.165, 1.54) is 18.3 Å². The molecule has 1 aromatic carbocycles. The van der Waals surface area contributed by atoms with E-state index in [9.17, 15) is 14.0 Å². The zero-order chi connectivity index (χ0) is 17.4. The van der Waals surface area contributed by atoms with Crippen LogP contribution in [0.4, 0.5) is 4.39 Å². The summed E-state index contributed by atoms with van der Waals surface area (Å²) in [6.07, 6.45) is 6.63. The van der Waals surface area contributed by atoms with Crippen molar-refractivity contribution in [3.63, 3.8) is 0 Å². The predicted molar refractivity (Wildman–Crippen MR) is 96.3 cm³/mol. The normalized spacial score (nSPS) is 20.5. The zero-order valence-corrected chi connectivity index (χ0v) is 14.9. The smallest absolute Gasteiger partial charge is 0.259 e. The van der Waals surface area contributed by atoms with Crippen molar-refractivity contribution in [3.05, 3.63) is 45.5 Å². The van der Waals surface area contributed by atoms with Gasteiger partial charge in [-0.15, -0.1) is 0 Å². The van der Waals surface area contributed by atoms with Gasteiger partial charge in [0, 0.05) is 29.9 Å². The third kappa shape index (κ3) is 2.83. The molecule has 1 aliphatic rings. The van der Waals surface area contributed by atoms with E-state index in [2.05, 4.69) is 11.2 Å². The molecule has 0 saturated heterocycles. The van der Waals surface area contributed by atoms with Crippen molar-refractivity contribution in [3.8, 4) is 0 Å². The van der Waals surface area contributed by atoms with Gasteiger partial charge in [-0.05, 0) is 43.7 Å². The highest BCUT2D eigenvalue weighted by Gasteiger charge is 2.33. The average Bonchev–Trinajstić information content (AvgIpc) is 3.03. The van der Waals surface area contributed by atoms with Gasteiger partial charge >= 0.3 is 0 Å². The van der Waals surface area contributed by atoms with Crippen LogP contribution in [0, 0.1) is 12.7 Å². The lowest BCUT2D eigenvalue weighted by atomic mass is 10.1. The van der Waals surface area contributed by atoms with Crippen molar-refractivity contribution < 1.29 is 9.18 Å². The maximum Gasteiger partial charge on any atom is 0.259 e. The molecule has 6 heteroatoms. The predicted octanol–water partition coefficient (Wildman–Crippen LogP) is 3.33. The summed E-state index contributed by atoms with van der Waals surface area (Å²) in [6, 6.07) is 2.70. The largest absolute Gasteiger partial charge is 0.360 e. The van der Waals surface area contributed by atoms with E-state index in [1.54, 1.807) is 30.6 Å². The Hall–Kier alpha value is -1.82. The van der Waals surface area contributed by atoms with Crippen LogP contribution in [-0.4, -0.2) is 40.4 Å². The fourth-order valence-electron chi connectivity index (χ4n) is 3.59. The molecule has 1 N–H and O–H groups in total.